The summed E-state index contributed by atoms with van der Waals surface area (Å²) in [5, 5.41) is 10.9. The molecule has 1 aromatic carbocycles. The first-order valence-electron chi connectivity index (χ1n) is 12.3. The van der Waals surface area contributed by atoms with E-state index in [-0.39, 0.29) is 36.0 Å². The van der Waals surface area contributed by atoms with E-state index in [1.54, 1.807) is 24.0 Å². The zero-order valence-electron chi connectivity index (χ0n) is 20.5. The summed E-state index contributed by atoms with van der Waals surface area (Å²) in [7, 11) is 1.80. The number of anilines is 2. The molecule has 6 rings (SSSR count). The topological polar surface area (TPSA) is 148 Å². The van der Waals surface area contributed by atoms with E-state index < -0.39 is 0 Å². The molecule has 10 nitrogen and oxygen atoms in total. The molecular formula is C27H29N7O3. The van der Waals surface area contributed by atoms with Gasteiger partial charge in [0.25, 0.3) is 0 Å². The Morgan fingerprint density at radius 1 is 1.00 bits per heavy atom. The Labute approximate surface area is 213 Å². The van der Waals surface area contributed by atoms with Crippen LogP contribution < -0.4 is 16.4 Å². The number of carbonyl (C=O) groups is 3. The predicted octanol–water partition coefficient (Wildman–Crippen LogP) is 3.37. The Balaban J connectivity index is 0.000000412. The summed E-state index contributed by atoms with van der Waals surface area (Å²) < 4.78 is 1.64. The highest BCUT2D eigenvalue weighted by Crippen LogP contribution is 2.33. The van der Waals surface area contributed by atoms with E-state index in [9.17, 15) is 14.4 Å². The molecule has 3 amide bonds. The molecule has 0 unspecified atom stereocenters. The van der Waals surface area contributed by atoms with Crippen molar-refractivity contribution in [3.05, 3.63) is 60.4 Å². The predicted molar refractivity (Wildman–Crippen MR) is 140 cm³/mol. The molecule has 190 valence electrons. The number of aryl methyl sites for hydroxylation is 1. The lowest BCUT2D eigenvalue weighted by Crippen LogP contribution is -2.15. The van der Waals surface area contributed by atoms with Gasteiger partial charge in [-0.3, -0.25) is 19.1 Å². The number of H-pyrrole nitrogens is 1. The number of fused-ring (bicyclic) bond motifs is 1. The first-order valence-corrected chi connectivity index (χ1v) is 12.3. The number of pyridine rings is 1. The van der Waals surface area contributed by atoms with E-state index in [2.05, 4.69) is 25.7 Å². The van der Waals surface area contributed by atoms with Crippen molar-refractivity contribution in [2.75, 3.05) is 10.6 Å². The van der Waals surface area contributed by atoms with Gasteiger partial charge < -0.3 is 21.4 Å². The number of hydrogen-bond donors (Lipinski definition) is 4. The second-order valence-electron chi connectivity index (χ2n) is 9.53. The second-order valence-corrected chi connectivity index (χ2v) is 9.53. The Morgan fingerprint density at radius 2 is 1.73 bits per heavy atom. The lowest BCUT2D eigenvalue weighted by molar-refractivity contribution is -0.119. The number of benzene rings is 1. The Kier molecular flexibility index (Phi) is 6.72. The summed E-state index contributed by atoms with van der Waals surface area (Å²) in [5.74, 6) is 1.21. The summed E-state index contributed by atoms with van der Waals surface area (Å²) in [6, 6.07) is 13.5. The van der Waals surface area contributed by atoms with Crippen LogP contribution in [0.2, 0.25) is 0 Å². The third-order valence-corrected chi connectivity index (χ3v) is 6.32. The summed E-state index contributed by atoms with van der Waals surface area (Å²) in [6.07, 6.45) is 7.81. The molecular weight excluding hydrogens is 470 g/mol. The van der Waals surface area contributed by atoms with Crippen molar-refractivity contribution in [3.63, 3.8) is 0 Å². The van der Waals surface area contributed by atoms with Crippen molar-refractivity contribution >= 4 is 40.4 Å². The minimum Gasteiger partial charge on any atom is -0.369 e. The largest absolute Gasteiger partial charge is 0.369 e. The van der Waals surface area contributed by atoms with Crippen LogP contribution in [0.3, 0.4) is 0 Å². The molecule has 10 heteroatoms. The first-order chi connectivity index (χ1) is 17.9. The average Bonchev–Trinajstić information content (AvgIpc) is 3.80. The smallest absolute Gasteiger partial charge is 0.229 e. The maximum atomic E-state index is 12.3. The number of carbonyl (C=O) groups excluding carboxylic acids is 3. The van der Waals surface area contributed by atoms with E-state index >= 15 is 0 Å². The molecule has 2 saturated carbocycles. The third-order valence-electron chi connectivity index (χ3n) is 6.32. The number of amides is 3. The molecule has 0 bridgehead atoms. The molecule has 5 N–H and O–H groups in total. The fourth-order valence-electron chi connectivity index (χ4n) is 3.94. The molecule has 2 fully saturated rings. The molecule has 0 radical (unpaired) electrons. The van der Waals surface area contributed by atoms with E-state index in [0.29, 0.717) is 11.6 Å². The minimum absolute atomic E-state index is 0.0265. The fourth-order valence-corrected chi connectivity index (χ4v) is 3.94. The van der Waals surface area contributed by atoms with Gasteiger partial charge in [-0.1, -0.05) is 24.3 Å². The normalized spacial score (nSPS) is 14.5. The average molecular weight is 500 g/mol. The Bertz CT molecular complexity index is 1450. The van der Waals surface area contributed by atoms with Crippen molar-refractivity contribution in [2.45, 2.75) is 32.1 Å². The number of primary amides is 1. The van der Waals surface area contributed by atoms with E-state index in [0.717, 1.165) is 53.4 Å². The van der Waals surface area contributed by atoms with Crippen LogP contribution in [0.15, 0.2) is 54.9 Å². The first kappa shape index (κ1) is 24.2. The third kappa shape index (κ3) is 6.21. The molecule has 0 spiro atoms. The zero-order chi connectivity index (χ0) is 25.9. The molecule has 0 aliphatic heterocycles. The van der Waals surface area contributed by atoms with Crippen LogP contribution >= 0.6 is 0 Å². The summed E-state index contributed by atoms with van der Waals surface area (Å²) in [4.78, 5) is 42.1. The van der Waals surface area contributed by atoms with Gasteiger partial charge in [-0.05, 0) is 54.5 Å². The van der Waals surface area contributed by atoms with Gasteiger partial charge in [0.15, 0.2) is 5.82 Å². The van der Waals surface area contributed by atoms with Gasteiger partial charge in [0, 0.05) is 42.7 Å². The van der Waals surface area contributed by atoms with Gasteiger partial charge >= 0.3 is 0 Å². The second kappa shape index (κ2) is 10.3. The highest BCUT2D eigenvalue weighted by molar-refractivity contribution is 5.99. The zero-order valence-corrected chi connectivity index (χ0v) is 20.5. The van der Waals surface area contributed by atoms with Gasteiger partial charge in [0.1, 0.15) is 11.5 Å². The van der Waals surface area contributed by atoms with Gasteiger partial charge in [0.05, 0.1) is 6.42 Å². The number of aromatic nitrogens is 4. The van der Waals surface area contributed by atoms with Gasteiger partial charge in [-0.15, -0.1) is 0 Å². The summed E-state index contributed by atoms with van der Waals surface area (Å²) in [5.41, 5.74) is 8.45. The SMILES string of the molecule is Cn1ccc(NC(=O)Cc2ccc(-c3cc(NC(=O)C4CC4)nc4[nH]ccc34)cc2)n1.NC(=O)C1CC1. The Hall–Kier alpha value is -4.47. The van der Waals surface area contributed by atoms with Crippen molar-refractivity contribution in [2.24, 2.45) is 24.6 Å². The van der Waals surface area contributed by atoms with Gasteiger partial charge in [-0.2, -0.15) is 5.10 Å². The quantitative estimate of drug-likeness (QED) is 0.308. The van der Waals surface area contributed by atoms with Crippen LogP contribution in [0.25, 0.3) is 22.2 Å². The van der Waals surface area contributed by atoms with E-state index in [1.807, 2.05) is 42.6 Å². The molecule has 0 saturated heterocycles. The van der Waals surface area contributed by atoms with Crippen molar-refractivity contribution in [1.29, 1.82) is 0 Å². The number of nitrogens with one attached hydrogen (secondary N) is 3. The van der Waals surface area contributed by atoms with Crippen LogP contribution in [-0.4, -0.2) is 37.5 Å². The molecule has 2 aliphatic rings. The summed E-state index contributed by atoms with van der Waals surface area (Å²) >= 11 is 0. The van der Waals surface area contributed by atoms with Crippen LogP contribution in [0, 0.1) is 11.8 Å². The summed E-state index contributed by atoms with van der Waals surface area (Å²) in [6.45, 7) is 0. The minimum atomic E-state index is -0.130. The molecule has 2 aliphatic carbocycles. The lowest BCUT2D eigenvalue weighted by Gasteiger charge is -2.09. The standard InChI is InChI=1S/C23H22N6O2.C4H7NO/c1-29-11-9-19(28-29)25-21(30)12-14-2-4-15(5-3-14)18-13-20(27-23(31)16-6-7-16)26-22-17(18)8-10-24-22;5-4(6)3-1-2-3/h2-5,8-11,13,16H,6-7,12H2,1H3,(H,25,28,30)(H2,24,26,27,31);3H,1-2H2,(H2,5,6). The monoisotopic (exact) mass is 499 g/mol. The number of aromatic amines is 1. The number of nitrogens with zero attached hydrogens (tertiary/aromatic N) is 3. The van der Waals surface area contributed by atoms with E-state index in [1.165, 1.54) is 0 Å². The maximum absolute atomic E-state index is 12.3. The molecule has 37 heavy (non-hydrogen) atoms. The lowest BCUT2D eigenvalue weighted by atomic mass is 10.0. The van der Waals surface area contributed by atoms with Crippen LogP contribution in [0.1, 0.15) is 31.2 Å². The Morgan fingerprint density at radius 3 is 2.32 bits per heavy atom. The van der Waals surface area contributed by atoms with Crippen molar-refractivity contribution < 1.29 is 14.4 Å². The van der Waals surface area contributed by atoms with Crippen LogP contribution in [0.4, 0.5) is 11.6 Å². The molecule has 0 atom stereocenters. The molecule has 3 aromatic heterocycles. The maximum Gasteiger partial charge on any atom is 0.229 e. The van der Waals surface area contributed by atoms with Gasteiger partial charge in [-0.25, -0.2) is 4.98 Å². The van der Waals surface area contributed by atoms with Crippen LogP contribution in [-0.2, 0) is 27.9 Å². The van der Waals surface area contributed by atoms with Gasteiger partial charge in [0.2, 0.25) is 17.7 Å². The highest BCUT2D eigenvalue weighted by Gasteiger charge is 2.30. The van der Waals surface area contributed by atoms with Crippen molar-refractivity contribution in [3.8, 4) is 11.1 Å². The number of rotatable bonds is 7. The molecule has 3 heterocycles. The van der Waals surface area contributed by atoms with Crippen molar-refractivity contribution in [1.82, 2.24) is 19.7 Å². The number of nitrogens with two attached hydrogens (primary N) is 1. The fraction of sp³-hybridized carbons (Fsp3) is 0.296. The highest BCUT2D eigenvalue weighted by atomic mass is 16.2. The van der Waals surface area contributed by atoms with Crippen LogP contribution in [0.5, 0.6) is 0 Å². The van der Waals surface area contributed by atoms with E-state index in [4.69, 9.17) is 5.73 Å². The number of hydrogen-bond acceptors (Lipinski definition) is 5. The molecule has 4 aromatic rings.